The Morgan fingerprint density at radius 1 is 1.26 bits per heavy atom. The Labute approximate surface area is 134 Å². The van der Waals surface area contributed by atoms with Crippen molar-refractivity contribution in [2.75, 3.05) is 5.32 Å². The van der Waals surface area contributed by atoms with Gasteiger partial charge < -0.3 is 14.9 Å². The van der Waals surface area contributed by atoms with Gasteiger partial charge in [-0.05, 0) is 18.2 Å². The van der Waals surface area contributed by atoms with Crippen molar-refractivity contribution < 1.29 is 0 Å². The minimum Gasteiger partial charge on any atom is -0.379 e. The predicted molar refractivity (Wildman–Crippen MR) is 91.6 cm³/mol. The van der Waals surface area contributed by atoms with Gasteiger partial charge in [-0.15, -0.1) is 0 Å². The second kappa shape index (κ2) is 5.53. The van der Waals surface area contributed by atoms with Crippen LogP contribution in [-0.2, 0) is 19.0 Å². The zero-order valence-corrected chi connectivity index (χ0v) is 13.8. The van der Waals surface area contributed by atoms with Gasteiger partial charge in [0.15, 0.2) is 0 Å². The van der Waals surface area contributed by atoms with Crippen LogP contribution in [0.3, 0.4) is 0 Å². The summed E-state index contributed by atoms with van der Waals surface area (Å²) in [5.41, 5.74) is 2.60. The number of nitrogens with zero attached hydrogens (tertiary/aromatic N) is 3. The van der Waals surface area contributed by atoms with Crippen LogP contribution < -0.4 is 10.9 Å². The molecule has 0 aliphatic rings. The Morgan fingerprint density at radius 3 is 2.74 bits per heavy atom. The van der Waals surface area contributed by atoms with E-state index >= 15 is 0 Å². The molecular formula is C17H21N5O. The Hall–Kier alpha value is -2.63. The first kappa shape index (κ1) is 15.3. The number of imidazole rings is 1. The molecule has 120 valence electrons. The predicted octanol–water partition coefficient (Wildman–Crippen LogP) is 2.57. The van der Waals surface area contributed by atoms with Crippen molar-refractivity contribution >= 4 is 16.6 Å². The third-order valence-corrected chi connectivity index (χ3v) is 3.74. The van der Waals surface area contributed by atoms with Crippen LogP contribution in [0.15, 0.2) is 35.5 Å². The second-order valence-corrected chi connectivity index (χ2v) is 6.75. The smallest absolute Gasteiger partial charge is 0.260 e. The minimum absolute atomic E-state index is 0.00513. The maximum absolute atomic E-state index is 12.0. The van der Waals surface area contributed by atoms with Gasteiger partial charge in [-0.2, -0.15) is 0 Å². The quantitative estimate of drug-likeness (QED) is 0.779. The van der Waals surface area contributed by atoms with E-state index in [0.29, 0.717) is 17.4 Å². The van der Waals surface area contributed by atoms with Gasteiger partial charge in [0.2, 0.25) is 0 Å². The van der Waals surface area contributed by atoms with Crippen LogP contribution in [0, 0.1) is 0 Å². The Bertz CT molecular complexity index is 901. The summed E-state index contributed by atoms with van der Waals surface area (Å²) in [7, 11) is 1.70. The maximum atomic E-state index is 12.0. The van der Waals surface area contributed by atoms with E-state index in [1.807, 2.05) is 18.3 Å². The first-order chi connectivity index (χ1) is 10.8. The number of anilines is 1. The normalized spacial score (nSPS) is 11.8. The number of benzene rings is 1. The zero-order valence-electron chi connectivity index (χ0n) is 13.8. The van der Waals surface area contributed by atoms with E-state index in [-0.39, 0.29) is 11.0 Å². The number of H-pyrrole nitrogens is 1. The molecule has 0 saturated heterocycles. The number of aromatic amines is 1. The van der Waals surface area contributed by atoms with Crippen LogP contribution in [0.4, 0.5) is 5.69 Å². The van der Waals surface area contributed by atoms with Gasteiger partial charge in [-0.1, -0.05) is 20.8 Å². The van der Waals surface area contributed by atoms with Crippen LogP contribution in [0.1, 0.15) is 32.3 Å². The Balaban J connectivity index is 1.78. The van der Waals surface area contributed by atoms with Crippen LogP contribution in [0.5, 0.6) is 0 Å². The molecule has 0 aliphatic carbocycles. The fourth-order valence-corrected chi connectivity index (χ4v) is 2.35. The molecule has 0 atom stereocenters. The molecule has 0 amide bonds. The Kier molecular flexibility index (Phi) is 3.67. The molecule has 0 unspecified atom stereocenters. The molecule has 6 heteroatoms. The van der Waals surface area contributed by atoms with Crippen molar-refractivity contribution in [1.82, 2.24) is 19.5 Å². The average Bonchev–Trinajstić information content (AvgIpc) is 2.98. The first-order valence-electron chi connectivity index (χ1n) is 7.58. The molecule has 2 N–H and O–H groups in total. The number of hydrogen-bond donors (Lipinski definition) is 2. The van der Waals surface area contributed by atoms with Gasteiger partial charge >= 0.3 is 0 Å². The average molecular weight is 311 g/mol. The summed E-state index contributed by atoms with van der Waals surface area (Å²) in [4.78, 5) is 24.1. The van der Waals surface area contributed by atoms with Gasteiger partial charge in [0, 0.05) is 18.2 Å². The lowest BCUT2D eigenvalue weighted by atomic mass is 9.96. The number of fused-ring (bicyclic) bond motifs is 1. The number of aromatic nitrogens is 4. The lowest BCUT2D eigenvalue weighted by molar-refractivity contribution is 0.551. The molecule has 0 aliphatic heterocycles. The van der Waals surface area contributed by atoms with Gasteiger partial charge in [-0.3, -0.25) is 4.79 Å². The second-order valence-electron chi connectivity index (χ2n) is 6.75. The van der Waals surface area contributed by atoms with Crippen LogP contribution in [-0.4, -0.2) is 19.5 Å². The van der Waals surface area contributed by atoms with E-state index in [1.54, 1.807) is 19.4 Å². The summed E-state index contributed by atoms with van der Waals surface area (Å²) in [6, 6.07) is 5.59. The molecule has 3 rings (SSSR count). The van der Waals surface area contributed by atoms with Crippen molar-refractivity contribution in [3.63, 3.8) is 0 Å². The van der Waals surface area contributed by atoms with E-state index < -0.39 is 0 Å². The van der Waals surface area contributed by atoms with Gasteiger partial charge in [-0.25, -0.2) is 9.97 Å². The van der Waals surface area contributed by atoms with E-state index in [1.165, 1.54) is 4.57 Å². The highest BCUT2D eigenvalue weighted by Crippen LogP contribution is 2.19. The monoisotopic (exact) mass is 311 g/mol. The highest BCUT2D eigenvalue weighted by Gasteiger charge is 2.17. The third kappa shape index (κ3) is 3.11. The van der Waals surface area contributed by atoms with Crippen LogP contribution in [0.25, 0.3) is 10.9 Å². The minimum atomic E-state index is -0.0371. The molecule has 0 radical (unpaired) electrons. The highest BCUT2D eigenvalue weighted by atomic mass is 16.1. The van der Waals surface area contributed by atoms with Crippen molar-refractivity contribution in [3.8, 4) is 0 Å². The van der Waals surface area contributed by atoms with Crippen LogP contribution >= 0.6 is 0 Å². The van der Waals surface area contributed by atoms with Gasteiger partial charge in [0.1, 0.15) is 5.82 Å². The lowest BCUT2D eigenvalue weighted by Crippen LogP contribution is -2.16. The van der Waals surface area contributed by atoms with Crippen molar-refractivity contribution in [1.29, 1.82) is 0 Å². The van der Waals surface area contributed by atoms with E-state index in [9.17, 15) is 4.79 Å². The molecule has 3 aromatic rings. The molecule has 0 saturated carbocycles. The number of aryl methyl sites for hydroxylation is 1. The standard InChI is InChI=1S/C17H21N5O/c1-17(2,3)16-19-9-12(21-16)8-18-11-5-6-13-14(7-11)20-10-22(4)15(13)23/h5-7,9-10,18H,8H2,1-4H3,(H,19,21). The van der Waals surface area contributed by atoms with E-state index in [4.69, 9.17) is 0 Å². The number of rotatable bonds is 3. The highest BCUT2D eigenvalue weighted by molar-refractivity contribution is 5.81. The van der Waals surface area contributed by atoms with E-state index in [0.717, 1.165) is 17.2 Å². The number of nitrogens with one attached hydrogen (secondary N) is 2. The van der Waals surface area contributed by atoms with Crippen molar-refractivity contribution in [3.05, 3.63) is 52.6 Å². The first-order valence-corrected chi connectivity index (χ1v) is 7.58. The van der Waals surface area contributed by atoms with Crippen molar-refractivity contribution in [2.45, 2.75) is 32.7 Å². The summed E-state index contributed by atoms with van der Waals surface area (Å²) in [6.07, 6.45) is 3.39. The van der Waals surface area contributed by atoms with Crippen molar-refractivity contribution in [2.24, 2.45) is 7.05 Å². The fourth-order valence-electron chi connectivity index (χ4n) is 2.35. The largest absolute Gasteiger partial charge is 0.379 e. The third-order valence-electron chi connectivity index (χ3n) is 3.74. The zero-order chi connectivity index (χ0) is 16.6. The maximum Gasteiger partial charge on any atom is 0.260 e. The molecule has 2 aromatic heterocycles. The molecule has 0 fully saturated rings. The topological polar surface area (TPSA) is 75.6 Å². The summed E-state index contributed by atoms with van der Waals surface area (Å²) in [5, 5.41) is 3.95. The van der Waals surface area contributed by atoms with E-state index in [2.05, 4.69) is 41.0 Å². The summed E-state index contributed by atoms with van der Waals surface area (Å²) >= 11 is 0. The van der Waals surface area contributed by atoms with Gasteiger partial charge in [0.25, 0.3) is 5.56 Å². The fraction of sp³-hybridized carbons (Fsp3) is 0.353. The molecule has 2 heterocycles. The summed E-state index contributed by atoms with van der Waals surface area (Å²) in [6.45, 7) is 7.01. The summed E-state index contributed by atoms with van der Waals surface area (Å²) in [5.74, 6) is 0.970. The molecule has 23 heavy (non-hydrogen) atoms. The SMILES string of the molecule is Cn1cnc2cc(NCc3cnc(C(C)(C)C)[nH]3)ccc2c1=O. The lowest BCUT2D eigenvalue weighted by Gasteiger charge is -2.14. The molecule has 1 aromatic carbocycles. The van der Waals surface area contributed by atoms with Crippen LogP contribution in [0.2, 0.25) is 0 Å². The molecule has 0 spiro atoms. The molecule has 0 bridgehead atoms. The molecular weight excluding hydrogens is 290 g/mol. The Morgan fingerprint density at radius 2 is 2.04 bits per heavy atom. The number of hydrogen-bond acceptors (Lipinski definition) is 4. The summed E-state index contributed by atoms with van der Waals surface area (Å²) < 4.78 is 1.48. The van der Waals surface area contributed by atoms with Gasteiger partial charge in [0.05, 0.1) is 35.7 Å². The molecule has 6 nitrogen and oxygen atoms in total.